The van der Waals surface area contributed by atoms with E-state index in [4.69, 9.17) is 0 Å². The molecular formula is C13H10O2P+. The Morgan fingerprint density at radius 1 is 1.19 bits per heavy atom. The molecule has 1 unspecified atom stereocenters. The second-order valence-corrected chi connectivity index (χ2v) is 5.60. The van der Waals surface area contributed by atoms with Gasteiger partial charge in [0.05, 0.1) is 5.57 Å². The van der Waals surface area contributed by atoms with E-state index in [0.29, 0.717) is 18.2 Å². The van der Waals surface area contributed by atoms with E-state index in [1.165, 1.54) is 0 Å². The van der Waals surface area contributed by atoms with Crippen molar-refractivity contribution in [3.63, 3.8) is 0 Å². The van der Waals surface area contributed by atoms with E-state index in [1.54, 1.807) is 6.08 Å². The molecule has 2 nitrogen and oxygen atoms in total. The molecule has 78 valence electrons. The number of allylic oxidation sites excluding steroid dienone is 4. The van der Waals surface area contributed by atoms with Crippen LogP contribution in [-0.4, -0.2) is 5.78 Å². The van der Waals surface area contributed by atoms with Crippen LogP contribution in [0.1, 0.15) is 17.5 Å². The molecule has 0 radical (unpaired) electrons. The molecular weight excluding hydrogens is 219 g/mol. The molecule has 1 atom stereocenters. The Kier molecular flexibility index (Phi) is 2.12. The van der Waals surface area contributed by atoms with Crippen molar-refractivity contribution in [2.45, 2.75) is 12.6 Å². The number of carbonyl (C=O) groups excluding carboxylic acids is 1. The highest BCUT2D eigenvalue weighted by Gasteiger charge is 2.37. The number of rotatable bonds is 0. The van der Waals surface area contributed by atoms with Crippen LogP contribution in [0.4, 0.5) is 0 Å². The van der Waals surface area contributed by atoms with Crippen molar-refractivity contribution in [1.82, 2.24) is 0 Å². The minimum absolute atomic E-state index is 0.00301. The average molecular weight is 229 g/mol. The minimum Gasteiger partial charge on any atom is -0.289 e. The highest BCUT2D eigenvalue weighted by atomic mass is 31.1. The van der Waals surface area contributed by atoms with E-state index in [1.807, 2.05) is 30.3 Å². The molecule has 1 heterocycles. The second-order valence-electron chi connectivity index (χ2n) is 3.99. The summed E-state index contributed by atoms with van der Waals surface area (Å²) < 4.78 is 12.0. The molecule has 16 heavy (non-hydrogen) atoms. The molecule has 1 aliphatic heterocycles. The van der Waals surface area contributed by atoms with E-state index in [9.17, 15) is 9.36 Å². The van der Waals surface area contributed by atoms with Crippen LogP contribution in [0.15, 0.2) is 41.7 Å². The SMILES string of the molecule is O=C1C=CCC2=C1c1ccccc1C[P+]2=O. The summed E-state index contributed by atoms with van der Waals surface area (Å²) in [5.41, 5.74) is 2.69. The Balaban J connectivity index is 2.28. The van der Waals surface area contributed by atoms with Gasteiger partial charge in [0.1, 0.15) is 0 Å². The lowest BCUT2D eigenvalue weighted by Gasteiger charge is -2.15. The number of ketones is 1. The maximum atomic E-state index is 12.0. The molecule has 1 aliphatic carbocycles. The van der Waals surface area contributed by atoms with Gasteiger partial charge in [-0.2, -0.15) is 0 Å². The van der Waals surface area contributed by atoms with Crippen molar-refractivity contribution in [3.05, 3.63) is 52.9 Å². The quantitative estimate of drug-likeness (QED) is 0.640. The minimum atomic E-state index is -1.40. The number of hydrogen-bond acceptors (Lipinski definition) is 2. The maximum Gasteiger partial charge on any atom is 0.378 e. The first-order valence-corrected chi connectivity index (χ1v) is 6.69. The van der Waals surface area contributed by atoms with E-state index >= 15 is 0 Å². The second kappa shape index (κ2) is 3.50. The van der Waals surface area contributed by atoms with E-state index < -0.39 is 7.80 Å². The summed E-state index contributed by atoms with van der Waals surface area (Å²) in [4.78, 5) is 11.9. The zero-order valence-electron chi connectivity index (χ0n) is 8.64. The lowest BCUT2D eigenvalue weighted by atomic mass is 9.93. The molecule has 0 spiro atoms. The predicted octanol–water partition coefficient (Wildman–Crippen LogP) is 3.27. The fraction of sp³-hybridized carbons (Fsp3) is 0.154. The third-order valence-electron chi connectivity index (χ3n) is 3.02. The fourth-order valence-electron chi connectivity index (χ4n) is 2.27. The molecule has 0 N–H and O–H groups in total. The summed E-state index contributed by atoms with van der Waals surface area (Å²) in [6.45, 7) is 0. The van der Waals surface area contributed by atoms with Gasteiger partial charge in [0.25, 0.3) is 0 Å². The van der Waals surface area contributed by atoms with Crippen LogP contribution in [-0.2, 0) is 15.5 Å². The van der Waals surface area contributed by atoms with Gasteiger partial charge in [-0.3, -0.25) is 4.79 Å². The summed E-state index contributed by atoms with van der Waals surface area (Å²) in [6.07, 6.45) is 4.63. The predicted molar refractivity (Wildman–Crippen MR) is 63.4 cm³/mol. The molecule has 1 aromatic rings. The molecule has 0 aromatic heterocycles. The van der Waals surface area contributed by atoms with Crippen LogP contribution < -0.4 is 0 Å². The van der Waals surface area contributed by atoms with E-state index in [0.717, 1.165) is 16.4 Å². The third kappa shape index (κ3) is 1.30. The van der Waals surface area contributed by atoms with Gasteiger partial charge >= 0.3 is 7.80 Å². The Morgan fingerprint density at radius 3 is 2.88 bits per heavy atom. The van der Waals surface area contributed by atoms with Gasteiger partial charge in [-0.1, -0.05) is 34.9 Å². The molecule has 1 aromatic carbocycles. The molecule has 0 amide bonds. The Hall–Kier alpha value is -1.53. The summed E-state index contributed by atoms with van der Waals surface area (Å²) in [7, 11) is -1.40. The lowest BCUT2D eigenvalue weighted by molar-refractivity contribution is -0.109. The van der Waals surface area contributed by atoms with Crippen molar-refractivity contribution in [1.29, 1.82) is 0 Å². The van der Waals surface area contributed by atoms with Gasteiger partial charge in [0, 0.05) is 12.0 Å². The van der Waals surface area contributed by atoms with Gasteiger partial charge in [-0.05, 0) is 11.6 Å². The Bertz CT molecular complexity index is 567. The number of hydrogen-bond donors (Lipinski definition) is 0. The number of carbonyl (C=O) groups is 1. The maximum absolute atomic E-state index is 12.0. The number of fused-ring (bicyclic) bond motifs is 2. The van der Waals surface area contributed by atoms with Gasteiger partial charge in [0.15, 0.2) is 17.3 Å². The Labute approximate surface area is 94.5 Å². The van der Waals surface area contributed by atoms with Gasteiger partial charge < -0.3 is 0 Å². The summed E-state index contributed by atoms with van der Waals surface area (Å²) in [6, 6.07) is 7.76. The Morgan fingerprint density at radius 2 is 2.00 bits per heavy atom. The highest BCUT2D eigenvalue weighted by Crippen LogP contribution is 2.50. The standard InChI is InChI=1S/C13H10O2P/c14-11-6-3-7-12-13(11)10-5-2-1-4-9(10)8-16(12)15/h1-6H,7-8H2/q+1. The monoisotopic (exact) mass is 229 g/mol. The smallest absolute Gasteiger partial charge is 0.289 e. The molecule has 0 fully saturated rings. The first kappa shape index (κ1) is 9.68. The molecule has 3 rings (SSSR count). The topological polar surface area (TPSA) is 34.1 Å². The van der Waals surface area contributed by atoms with Crippen molar-refractivity contribution in [2.75, 3.05) is 0 Å². The first-order chi connectivity index (χ1) is 7.77. The summed E-state index contributed by atoms with van der Waals surface area (Å²) in [5.74, 6) is -0.00301. The van der Waals surface area contributed by atoms with Gasteiger partial charge in [-0.25, -0.2) is 0 Å². The van der Waals surface area contributed by atoms with Crippen LogP contribution in [0.3, 0.4) is 0 Å². The first-order valence-electron chi connectivity index (χ1n) is 5.24. The number of benzene rings is 1. The molecule has 0 bridgehead atoms. The summed E-state index contributed by atoms with van der Waals surface area (Å²) >= 11 is 0. The third-order valence-corrected chi connectivity index (χ3v) is 4.65. The normalized spacial score (nSPS) is 20.8. The van der Waals surface area contributed by atoms with Crippen molar-refractivity contribution in [2.24, 2.45) is 0 Å². The van der Waals surface area contributed by atoms with E-state index in [2.05, 4.69) is 0 Å². The van der Waals surface area contributed by atoms with Gasteiger partial charge in [0.2, 0.25) is 0 Å². The van der Waals surface area contributed by atoms with Crippen molar-refractivity contribution < 1.29 is 9.36 Å². The lowest BCUT2D eigenvalue weighted by Crippen LogP contribution is -2.10. The van der Waals surface area contributed by atoms with Crippen LogP contribution >= 0.6 is 7.80 Å². The van der Waals surface area contributed by atoms with Crippen molar-refractivity contribution in [3.8, 4) is 0 Å². The fourth-order valence-corrected chi connectivity index (χ4v) is 3.84. The van der Waals surface area contributed by atoms with E-state index in [-0.39, 0.29) is 5.78 Å². The zero-order chi connectivity index (χ0) is 11.1. The molecule has 0 saturated carbocycles. The molecule has 3 heteroatoms. The van der Waals surface area contributed by atoms with Crippen molar-refractivity contribution >= 4 is 19.2 Å². The largest absolute Gasteiger partial charge is 0.378 e. The van der Waals surface area contributed by atoms with Crippen LogP contribution in [0.2, 0.25) is 0 Å². The molecule has 0 saturated heterocycles. The average Bonchev–Trinajstić information content (AvgIpc) is 2.30. The van der Waals surface area contributed by atoms with Crippen LogP contribution in [0.25, 0.3) is 5.57 Å². The molecule has 2 aliphatic rings. The summed E-state index contributed by atoms with van der Waals surface area (Å²) in [5, 5.41) is 0.834. The van der Waals surface area contributed by atoms with Crippen LogP contribution in [0.5, 0.6) is 0 Å². The van der Waals surface area contributed by atoms with Crippen LogP contribution in [0, 0.1) is 0 Å². The highest BCUT2D eigenvalue weighted by molar-refractivity contribution is 7.49. The van der Waals surface area contributed by atoms with Gasteiger partial charge in [-0.15, -0.1) is 0 Å². The zero-order valence-corrected chi connectivity index (χ0v) is 9.54.